The number of hydrogen-bond acceptors (Lipinski definition) is 3. The van der Waals surface area contributed by atoms with Crippen LogP contribution < -0.4 is 10.6 Å². The van der Waals surface area contributed by atoms with Gasteiger partial charge in [-0.25, -0.2) is 0 Å². The molecule has 2 heterocycles. The average Bonchev–Trinajstić information content (AvgIpc) is 3.06. The Balaban J connectivity index is 1.88. The molecule has 0 spiro atoms. The lowest BCUT2D eigenvalue weighted by molar-refractivity contribution is 0.265. The van der Waals surface area contributed by atoms with Crippen LogP contribution in [0.25, 0.3) is 0 Å². The minimum Gasteiger partial charge on any atom is -0.357 e. The lowest BCUT2D eigenvalue weighted by Gasteiger charge is -2.21. The van der Waals surface area contributed by atoms with Crippen molar-refractivity contribution in [3.8, 4) is 0 Å². The number of nitrogens with zero attached hydrogens (tertiary/aromatic N) is 4. The molecule has 2 N–H and O–H groups in total. The van der Waals surface area contributed by atoms with Crippen molar-refractivity contribution in [2.45, 2.75) is 53.2 Å². The summed E-state index contributed by atoms with van der Waals surface area (Å²) in [6, 6.07) is 1.06. The maximum atomic E-state index is 4.70. The number of guanidine groups is 1. The van der Waals surface area contributed by atoms with Gasteiger partial charge in [0.25, 0.3) is 0 Å². The van der Waals surface area contributed by atoms with Gasteiger partial charge in [0.2, 0.25) is 0 Å². The SMILES string of the molecule is CCNC(=NCCn1cc(C)cn1)NC1CN(C(C)C)CC1C. The second-order valence-electron chi connectivity index (χ2n) is 6.82. The fourth-order valence-electron chi connectivity index (χ4n) is 2.96. The Bertz CT molecular complexity index is 507. The monoisotopic (exact) mass is 320 g/mol. The summed E-state index contributed by atoms with van der Waals surface area (Å²) in [4.78, 5) is 7.23. The van der Waals surface area contributed by atoms with E-state index in [9.17, 15) is 0 Å². The Morgan fingerprint density at radius 2 is 2.22 bits per heavy atom. The summed E-state index contributed by atoms with van der Waals surface area (Å²) in [5.74, 6) is 1.55. The van der Waals surface area contributed by atoms with Crippen molar-refractivity contribution in [1.82, 2.24) is 25.3 Å². The molecule has 130 valence electrons. The molecule has 0 radical (unpaired) electrons. The smallest absolute Gasteiger partial charge is 0.191 e. The molecule has 2 rings (SSSR count). The standard InChI is InChI=1S/C17H32N6/c1-6-18-17(19-7-8-23-10-14(4)9-20-23)21-16-12-22(13(2)3)11-15(16)5/h9-10,13,15-16H,6-8,11-12H2,1-5H3,(H2,18,19,21). The van der Waals surface area contributed by atoms with Crippen LogP contribution in [0, 0.1) is 12.8 Å². The van der Waals surface area contributed by atoms with Gasteiger partial charge in [-0.15, -0.1) is 0 Å². The van der Waals surface area contributed by atoms with Gasteiger partial charge in [-0.05, 0) is 39.2 Å². The van der Waals surface area contributed by atoms with E-state index in [1.54, 1.807) is 0 Å². The molecule has 23 heavy (non-hydrogen) atoms. The van der Waals surface area contributed by atoms with Gasteiger partial charge in [-0.2, -0.15) is 5.10 Å². The number of aliphatic imine (C=N–C) groups is 1. The van der Waals surface area contributed by atoms with Gasteiger partial charge < -0.3 is 10.6 Å². The maximum absolute atomic E-state index is 4.70. The Morgan fingerprint density at radius 3 is 2.78 bits per heavy atom. The summed E-state index contributed by atoms with van der Waals surface area (Å²) < 4.78 is 1.95. The predicted molar refractivity (Wildman–Crippen MR) is 95.7 cm³/mol. The molecule has 0 saturated carbocycles. The zero-order valence-corrected chi connectivity index (χ0v) is 15.2. The van der Waals surface area contributed by atoms with E-state index in [1.807, 2.05) is 10.9 Å². The first-order valence-electron chi connectivity index (χ1n) is 8.77. The normalized spacial score (nSPS) is 22.8. The number of aromatic nitrogens is 2. The van der Waals surface area contributed by atoms with Crippen molar-refractivity contribution in [3.05, 3.63) is 18.0 Å². The molecular weight excluding hydrogens is 288 g/mol. The topological polar surface area (TPSA) is 57.5 Å². The van der Waals surface area contributed by atoms with Gasteiger partial charge >= 0.3 is 0 Å². The molecule has 1 aliphatic heterocycles. The summed E-state index contributed by atoms with van der Waals surface area (Å²) in [5, 5.41) is 11.3. The third-order valence-electron chi connectivity index (χ3n) is 4.40. The predicted octanol–water partition coefficient (Wildman–Crippen LogP) is 1.48. The molecule has 1 aromatic heterocycles. The molecule has 6 heteroatoms. The van der Waals surface area contributed by atoms with Crippen LogP contribution in [0.15, 0.2) is 17.4 Å². The number of nitrogens with one attached hydrogen (secondary N) is 2. The van der Waals surface area contributed by atoms with E-state index in [1.165, 1.54) is 5.56 Å². The van der Waals surface area contributed by atoms with E-state index >= 15 is 0 Å². The Kier molecular flexibility index (Phi) is 6.45. The highest BCUT2D eigenvalue weighted by atomic mass is 15.3. The third kappa shape index (κ3) is 5.23. The van der Waals surface area contributed by atoms with E-state index in [0.29, 0.717) is 18.0 Å². The van der Waals surface area contributed by atoms with Crippen molar-refractivity contribution < 1.29 is 0 Å². The van der Waals surface area contributed by atoms with Crippen molar-refractivity contribution in [2.75, 3.05) is 26.2 Å². The van der Waals surface area contributed by atoms with Gasteiger partial charge in [0.1, 0.15) is 0 Å². The van der Waals surface area contributed by atoms with Crippen LogP contribution in [0.3, 0.4) is 0 Å². The summed E-state index contributed by atoms with van der Waals surface area (Å²) in [7, 11) is 0. The van der Waals surface area contributed by atoms with Crippen LogP contribution in [0.5, 0.6) is 0 Å². The first-order valence-corrected chi connectivity index (χ1v) is 8.77. The van der Waals surface area contributed by atoms with E-state index < -0.39 is 0 Å². The maximum Gasteiger partial charge on any atom is 0.191 e. The fourth-order valence-corrected chi connectivity index (χ4v) is 2.96. The first kappa shape index (κ1) is 17.8. The highest BCUT2D eigenvalue weighted by Gasteiger charge is 2.31. The van der Waals surface area contributed by atoms with E-state index in [0.717, 1.165) is 38.7 Å². The van der Waals surface area contributed by atoms with Gasteiger partial charge in [0.15, 0.2) is 5.96 Å². The number of rotatable bonds is 6. The largest absolute Gasteiger partial charge is 0.357 e. The van der Waals surface area contributed by atoms with Crippen LogP contribution in [0.1, 0.15) is 33.3 Å². The van der Waals surface area contributed by atoms with Gasteiger partial charge in [-0.3, -0.25) is 14.6 Å². The third-order valence-corrected chi connectivity index (χ3v) is 4.40. The summed E-state index contributed by atoms with van der Waals surface area (Å²) >= 11 is 0. The quantitative estimate of drug-likeness (QED) is 0.616. The van der Waals surface area contributed by atoms with Gasteiger partial charge in [0.05, 0.1) is 19.3 Å². The minimum absolute atomic E-state index is 0.460. The Morgan fingerprint density at radius 1 is 1.43 bits per heavy atom. The second kappa shape index (κ2) is 8.34. The average molecular weight is 320 g/mol. The number of likely N-dealkylation sites (tertiary alicyclic amines) is 1. The molecule has 1 saturated heterocycles. The van der Waals surface area contributed by atoms with Crippen LogP contribution in [0.2, 0.25) is 0 Å². The number of aryl methyl sites for hydroxylation is 1. The summed E-state index contributed by atoms with van der Waals surface area (Å²) in [5.41, 5.74) is 1.19. The molecule has 0 aromatic carbocycles. The highest BCUT2D eigenvalue weighted by molar-refractivity contribution is 5.80. The molecule has 0 aliphatic carbocycles. The fraction of sp³-hybridized carbons (Fsp3) is 0.765. The molecule has 1 fully saturated rings. The van der Waals surface area contributed by atoms with Crippen molar-refractivity contribution in [3.63, 3.8) is 0 Å². The summed E-state index contributed by atoms with van der Waals surface area (Å²) in [6.45, 7) is 15.7. The molecular formula is C17H32N6. The Hall–Kier alpha value is -1.56. The van der Waals surface area contributed by atoms with Crippen LogP contribution >= 0.6 is 0 Å². The van der Waals surface area contributed by atoms with Gasteiger partial charge in [0, 0.05) is 37.9 Å². The molecule has 1 aromatic rings. The van der Waals surface area contributed by atoms with Crippen molar-refractivity contribution in [1.29, 1.82) is 0 Å². The van der Waals surface area contributed by atoms with E-state index in [2.05, 4.69) is 61.4 Å². The first-order chi connectivity index (χ1) is 11.0. The molecule has 2 unspecified atom stereocenters. The van der Waals surface area contributed by atoms with Crippen LogP contribution in [0.4, 0.5) is 0 Å². The number of hydrogen-bond donors (Lipinski definition) is 2. The van der Waals surface area contributed by atoms with Crippen LogP contribution in [-0.2, 0) is 6.54 Å². The molecule has 1 aliphatic rings. The lowest BCUT2D eigenvalue weighted by atomic mass is 10.1. The molecule has 0 amide bonds. The molecule has 6 nitrogen and oxygen atoms in total. The zero-order valence-electron chi connectivity index (χ0n) is 15.2. The second-order valence-corrected chi connectivity index (χ2v) is 6.82. The molecule has 2 atom stereocenters. The summed E-state index contributed by atoms with van der Waals surface area (Å²) in [6.07, 6.45) is 3.93. The zero-order chi connectivity index (χ0) is 16.8. The lowest BCUT2D eigenvalue weighted by Crippen LogP contribution is -2.47. The Labute approximate surface area is 140 Å². The minimum atomic E-state index is 0.460. The highest BCUT2D eigenvalue weighted by Crippen LogP contribution is 2.18. The van der Waals surface area contributed by atoms with Gasteiger partial charge in [-0.1, -0.05) is 6.92 Å². The van der Waals surface area contributed by atoms with E-state index in [4.69, 9.17) is 4.99 Å². The van der Waals surface area contributed by atoms with E-state index in [-0.39, 0.29) is 0 Å². The molecule has 0 bridgehead atoms. The van der Waals surface area contributed by atoms with Crippen molar-refractivity contribution >= 4 is 5.96 Å². The van der Waals surface area contributed by atoms with Crippen LogP contribution in [-0.4, -0.2) is 58.9 Å². The van der Waals surface area contributed by atoms with Crippen molar-refractivity contribution in [2.24, 2.45) is 10.9 Å².